The third-order valence-electron chi connectivity index (χ3n) is 4.77. The standard InChI is InChI=1S/C25H25N3O3S/c1-20-10-16-24(17-11-20)32(30,31)28(2)19-22-12-14-23(15-13-22)25(29)27-26-18-6-9-21-7-4-3-5-8-21/h3-18H,19H2,1-2H3,(H,27,29)/b9-6+,26-18+. The zero-order valence-corrected chi connectivity index (χ0v) is 18.8. The number of nitrogens with one attached hydrogen (secondary N) is 1. The summed E-state index contributed by atoms with van der Waals surface area (Å²) in [6, 6.07) is 23.3. The molecule has 3 rings (SSSR count). The van der Waals surface area contributed by atoms with Crippen LogP contribution in [0.3, 0.4) is 0 Å². The van der Waals surface area contributed by atoms with Gasteiger partial charge in [0.2, 0.25) is 10.0 Å². The zero-order valence-electron chi connectivity index (χ0n) is 18.0. The summed E-state index contributed by atoms with van der Waals surface area (Å²) in [6.07, 6.45) is 5.12. The van der Waals surface area contributed by atoms with Gasteiger partial charge in [-0.25, -0.2) is 13.8 Å². The van der Waals surface area contributed by atoms with Crippen molar-refractivity contribution >= 4 is 28.2 Å². The van der Waals surface area contributed by atoms with Crippen LogP contribution in [-0.2, 0) is 16.6 Å². The highest BCUT2D eigenvalue weighted by Gasteiger charge is 2.20. The topological polar surface area (TPSA) is 78.8 Å². The molecule has 164 valence electrons. The molecule has 7 heteroatoms. The van der Waals surface area contributed by atoms with Crippen LogP contribution < -0.4 is 5.43 Å². The van der Waals surface area contributed by atoms with E-state index >= 15 is 0 Å². The summed E-state index contributed by atoms with van der Waals surface area (Å²) in [5, 5.41) is 3.91. The summed E-state index contributed by atoms with van der Waals surface area (Å²) < 4.78 is 26.7. The molecule has 0 aromatic heterocycles. The highest BCUT2D eigenvalue weighted by Crippen LogP contribution is 2.17. The minimum absolute atomic E-state index is 0.195. The molecule has 6 nitrogen and oxygen atoms in total. The molecule has 3 aromatic rings. The monoisotopic (exact) mass is 447 g/mol. The van der Waals surface area contributed by atoms with Crippen molar-refractivity contribution in [3.05, 3.63) is 107 Å². The molecule has 0 spiro atoms. The Morgan fingerprint density at radius 1 is 0.969 bits per heavy atom. The minimum Gasteiger partial charge on any atom is -0.267 e. The lowest BCUT2D eigenvalue weighted by Crippen LogP contribution is -2.26. The molecule has 0 aliphatic rings. The van der Waals surface area contributed by atoms with Crippen molar-refractivity contribution in [3.63, 3.8) is 0 Å². The highest BCUT2D eigenvalue weighted by atomic mass is 32.2. The van der Waals surface area contributed by atoms with Crippen molar-refractivity contribution in [3.8, 4) is 0 Å². The summed E-state index contributed by atoms with van der Waals surface area (Å²) in [5.74, 6) is -0.346. The number of hydrogen-bond donors (Lipinski definition) is 1. The molecular weight excluding hydrogens is 422 g/mol. The number of sulfonamides is 1. The number of rotatable bonds is 8. The second-order valence-electron chi connectivity index (χ2n) is 7.26. The smallest absolute Gasteiger partial charge is 0.267 e. The number of hydrazone groups is 1. The van der Waals surface area contributed by atoms with Crippen LogP contribution in [0.4, 0.5) is 0 Å². The maximum absolute atomic E-state index is 12.7. The molecule has 0 aliphatic heterocycles. The van der Waals surface area contributed by atoms with E-state index in [-0.39, 0.29) is 17.3 Å². The van der Waals surface area contributed by atoms with Crippen molar-refractivity contribution in [2.24, 2.45) is 5.10 Å². The molecule has 0 bridgehead atoms. The second-order valence-corrected chi connectivity index (χ2v) is 9.30. The lowest BCUT2D eigenvalue weighted by atomic mass is 10.1. The normalized spacial score (nSPS) is 12.0. The van der Waals surface area contributed by atoms with Crippen LogP contribution in [0.1, 0.15) is 27.0 Å². The van der Waals surface area contributed by atoms with E-state index in [0.29, 0.717) is 5.56 Å². The highest BCUT2D eigenvalue weighted by molar-refractivity contribution is 7.89. The van der Waals surface area contributed by atoms with Gasteiger partial charge in [0.25, 0.3) is 5.91 Å². The van der Waals surface area contributed by atoms with E-state index in [1.165, 1.54) is 17.6 Å². The first kappa shape index (κ1) is 23.1. The van der Waals surface area contributed by atoms with Crippen LogP contribution >= 0.6 is 0 Å². The van der Waals surface area contributed by atoms with Crippen LogP contribution in [0.2, 0.25) is 0 Å². The van der Waals surface area contributed by atoms with E-state index in [0.717, 1.165) is 16.7 Å². The van der Waals surface area contributed by atoms with Crippen LogP contribution in [0, 0.1) is 6.92 Å². The van der Waals surface area contributed by atoms with Gasteiger partial charge in [-0.2, -0.15) is 9.41 Å². The van der Waals surface area contributed by atoms with Gasteiger partial charge in [-0.05, 0) is 48.4 Å². The first-order chi connectivity index (χ1) is 15.4. The number of amides is 1. The van der Waals surface area contributed by atoms with Crippen LogP contribution in [0.25, 0.3) is 6.08 Å². The van der Waals surface area contributed by atoms with Crippen LogP contribution in [0.5, 0.6) is 0 Å². The lowest BCUT2D eigenvalue weighted by Gasteiger charge is -2.17. The Balaban J connectivity index is 1.56. The van der Waals surface area contributed by atoms with Gasteiger partial charge in [-0.15, -0.1) is 0 Å². The molecule has 3 aromatic carbocycles. The Hall–Kier alpha value is -3.55. The third kappa shape index (κ3) is 6.23. The van der Waals surface area contributed by atoms with E-state index in [1.807, 2.05) is 43.3 Å². The first-order valence-electron chi connectivity index (χ1n) is 10.0. The van der Waals surface area contributed by atoms with Gasteiger partial charge < -0.3 is 0 Å². The molecule has 0 heterocycles. The first-order valence-corrected chi connectivity index (χ1v) is 11.5. The van der Waals surface area contributed by atoms with Gasteiger partial charge in [0.1, 0.15) is 0 Å². The molecular formula is C25H25N3O3S. The summed E-state index contributed by atoms with van der Waals surface area (Å²) >= 11 is 0. The van der Waals surface area contributed by atoms with Gasteiger partial charge in [-0.1, -0.05) is 66.2 Å². The number of nitrogens with zero attached hydrogens (tertiary/aromatic N) is 2. The van der Waals surface area contributed by atoms with E-state index in [4.69, 9.17) is 0 Å². The molecule has 0 saturated carbocycles. The number of aryl methyl sites for hydroxylation is 1. The predicted octanol–water partition coefficient (Wildman–Crippen LogP) is 4.24. The fourth-order valence-electron chi connectivity index (χ4n) is 2.92. The predicted molar refractivity (Wildman–Crippen MR) is 128 cm³/mol. The van der Waals surface area contributed by atoms with Crippen molar-refractivity contribution in [1.82, 2.24) is 9.73 Å². The molecule has 32 heavy (non-hydrogen) atoms. The zero-order chi connectivity index (χ0) is 23.0. The summed E-state index contributed by atoms with van der Waals surface area (Å²) in [6.45, 7) is 2.10. The minimum atomic E-state index is -3.59. The third-order valence-corrected chi connectivity index (χ3v) is 6.58. The quantitative estimate of drug-likeness (QED) is 0.414. The molecule has 0 unspecified atom stereocenters. The maximum atomic E-state index is 12.7. The van der Waals surface area contributed by atoms with E-state index < -0.39 is 10.0 Å². The van der Waals surface area contributed by atoms with Crippen LogP contribution in [-0.4, -0.2) is 31.9 Å². The Morgan fingerprint density at radius 3 is 2.28 bits per heavy atom. The Kier molecular flexibility index (Phi) is 7.70. The average Bonchev–Trinajstić information content (AvgIpc) is 2.80. The molecule has 0 atom stereocenters. The average molecular weight is 448 g/mol. The van der Waals surface area contributed by atoms with Crippen molar-refractivity contribution in [2.75, 3.05) is 7.05 Å². The fraction of sp³-hybridized carbons (Fsp3) is 0.120. The summed E-state index contributed by atoms with van der Waals surface area (Å²) in [7, 11) is -2.05. The maximum Gasteiger partial charge on any atom is 0.271 e. The van der Waals surface area contributed by atoms with Gasteiger partial charge in [-0.3, -0.25) is 4.79 Å². The Labute approximate surface area is 189 Å². The van der Waals surface area contributed by atoms with Crippen molar-refractivity contribution < 1.29 is 13.2 Å². The summed E-state index contributed by atoms with van der Waals surface area (Å²) in [4.78, 5) is 12.5. The second kappa shape index (κ2) is 10.7. The van der Waals surface area contributed by atoms with E-state index in [1.54, 1.807) is 54.6 Å². The van der Waals surface area contributed by atoms with Crippen molar-refractivity contribution in [2.45, 2.75) is 18.4 Å². The van der Waals surface area contributed by atoms with E-state index in [2.05, 4.69) is 10.5 Å². The Morgan fingerprint density at radius 2 is 1.62 bits per heavy atom. The van der Waals surface area contributed by atoms with Gasteiger partial charge in [0, 0.05) is 25.4 Å². The van der Waals surface area contributed by atoms with E-state index in [9.17, 15) is 13.2 Å². The number of allylic oxidation sites excluding steroid dienone is 1. The number of carbonyl (C=O) groups excluding carboxylic acids is 1. The van der Waals surface area contributed by atoms with Gasteiger partial charge in [0.05, 0.1) is 4.90 Å². The Bertz CT molecular complexity index is 1200. The SMILES string of the molecule is Cc1ccc(S(=O)(=O)N(C)Cc2ccc(C(=O)N/N=C/C=C/c3ccccc3)cc2)cc1. The molecule has 1 amide bonds. The van der Waals surface area contributed by atoms with Gasteiger partial charge >= 0.3 is 0 Å². The number of hydrogen-bond acceptors (Lipinski definition) is 4. The number of benzene rings is 3. The molecule has 0 radical (unpaired) electrons. The lowest BCUT2D eigenvalue weighted by molar-refractivity contribution is 0.0955. The largest absolute Gasteiger partial charge is 0.271 e. The molecule has 1 N–H and O–H groups in total. The molecule has 0 saturated heterocycles. The number of carbonyl (C=O) groups is 1. The van der Waals surface area contributed by atoms with Gasteiger partial charge in [0.15, 0.2) is 0 Å². The molecule has 0 aliphatic carbocycles. The van der Waals surface area contributed by atoms with Crippen molar-refractivity contribution in [1.29, 1.82) is 0 Å². The summed E-state index contributed by atoms with van der Waals surface area (Å²) in [5.41, 5.74) is 5.71. The van der Waals surface area contributed by atoms with Crippen LogP contribution in [0.15, 0.2) is 94.9 Å². The molecule has 0 fully saturated rings. The fourth-order valence-corrected chi connectivity index (χ4v) is 4.07.